The summed E-state index contributed by atoms with van der Waals surface area (Å²) >= 11 is 5.65. The maximum Gasteiger partial charge on any atom is 0.0476 e. The molecule has 0 bridgehead atoms. The Morgan fingerprint density at radius 2 is 2.16 bits per heavy atom. The van der Waals surface area contributed by atoms with Gasteiger partial charge in [-0.1, -0.05) is 28.9 Å². The summed E-state index contributed by atoms with van der Waals surface area (Å²) in [7, 11) is 0. The molecule has 0 radical (unpaired) electrons. The second-order valence-electron chi connectivity index (χ2n) is 5.06. The SMILES string of the molecule is CCC(N)Cc1ccc(SC2CCOCC2)cc1Br. The van der Waals surface area contributed by atoms with Crippen molar-refractivity contribution < 1.29 is 4.74 Å². The third-order valence-corrected chi connectivity index (χ3v) is 5.57. The fourth-order valence-corrected chi connectivity index (χ4v) is 4.02. The highest BCUT2D eigenvalue weighted by Crippen LogP contribution is 2.32. The summed E-state index contributed by atoms with van der Waals surface area (Å²) in [5.74, 6) is 0. The van der Waals surface area contributed by atoms with Crippen molar-refractivity contribution in [1.29, 1.82) is 0 Å². The highest BCUT2D eigenvalue weighted by Gasteiger charge is 2.15. The Bertz CT molecular complexity index is 407. The van der Waals surface area contributed by atoms with Gasteiger partial charge in [-0.2, -0.15) is 0 Å². The second-order valence-corrected chi connectivity index (χ2v) is 7.28. The fraction of sp³-hybridized carbons (Fsp3) is 0.600. The molecule has 2 nitrogen and oxygen atoms in total. The lowest BCUT2D eigenvalue weighted by Crippen LogP contribution is -2.21. The van der Waals surface area contributed by atoms with E-state index in [1.54, 1.807) is 0 Å². The highest BCUT2D eigenvalue weighted by atomic mass is 79.9. The highest BCUT2D eigenvalue weighted by molar-refractivity contribution is 9.10. The van der Waals surface area contributed by atoms with Gasteiger partial charge in [0.15, 0.2) is 0 Å². The number of halogens is 1. The Hall–Kier alpha value is -0.0300. The molecule has 1 aliphatic rings. The van der Waals surface area contributed by atoms with E-state index in [1.807, 2.05) is 11.8 Å². The van der Waals surface area contributed by atoms with Gasteiger partial charge >= 0.3 is 0 Å². The summed E-state index contributed by atoms with van der Waals surface area (Å²) in [6.07, 6.45) is 4.28. The summed E-state index contributed by atoms with van der Waals surface area (Å²) in [5, 5.41) is 0.699. The minimum atomic E-state index is 0.255. The van der Waals surface area contributed by atoms with Crippen LogP contribution in [-0.4, -0.2) is 24.5 Å². The quantitative estimate of drug-likeness (QED) is 0.877. The van der Waals surface area contributed by atoms with E-state index in [4.69, 9.17) is 10.5 Å². The number of benzene rings is 1. The number of rotatable bonds is 5. The van der Waals surface area contributed by atoms with E-state index in [0.717, 1.165) is 38.9 Å². The number of hydrogen-bond donors (Lipinski definition) is 1. The summed E-state index contributed by atoms with van der Waals surface area (Å²) in [4.78, 5) is 1.34. The lowest BCUT2D eigenvalue weighted by molar-refractivity contribution is 0.100. The molecular formula is C15H22BrNOS. The van der Waals surface area contributed by atoms with Gasteiger partial charge in [0.25, 0.3) is 0 Å². The predicted octanol–water partition coefficient (Wildman–Crippen LogP) is 4.00. The maximum atomic E-state index is 6.02. The molecule has 1 fully saturated rings. The molecule has 2 rings (SSSR count). The van der Waals surface area contributed by atoms with Crippen LogP contribution in [0.1, 0.15) is 31.7 Å². The molecule has 4 heteroatoms. The van der Waals surface area contributed by atoms with Crippen LogP contribution in [0.15, 0.2) is 27.6 Å². The molecule has 1 unspecified atom stereocenters. The summed E-state index contributed by atoms with van der Waals surface area (Å²) in [6.45, 7) is 3.94. The van der Waals surface area contributed by atoms with Crippen molar-refractivity contribution in [1.82, 2.24) is 0 Å². The molecule has 19 heavy (non-hydrogen) atoms. The number of nitrogens with two attached hydrogens (primary N) is 1. The van der Waals surface area contributed by atoms with Crippen molar-refractivity contribution in [3.8, 4) is 0 Å². The molecule has 1 atom stereocenters. The zero-order valence-electron chi connectivity index (χ0n) is 11.4. The topological polar surface area (TPSA) is 35.2 Å². The maximum absolute atomic E-state index is 6.02. The summed E-state index contributed by atoms with van der Waals surface area (Å²) in [6, 6.07) is 6.92. The molecule has 1 aromatic carbocycles. The molecule has 1 heterocycles. The first-order valence-corrected chi connectivity index (χ1v) is 8.64. The minimum absolute atomic E-state index is 0.255. The predicted molar refractivity (Wildman–Crippen MR) is 85.8 cm³/mol. The first-order valence-electron chi connectivity index (χ1n) is 6.97. The van der Waals surface area contributed by atoms with Crippen LogP contribution in [0.2, 0.25) is 0 Å². The Morgan fingerprint density at radius 1 is 1.42 bits per heavy atom. The smallest absolute Gasteiger partial charge is 0.0476 e. The Kier molecular flexibility index (Phi) is 6.20. The monoisotopic (exact) mass is 343 g/mol. The van der Waals surface area contributed by atoms with Gasteiger partial charge in [-0.15, -0.1) is 11.8 Å². The van der Waals surface area contributed by atoms with Gasteiger partial charge in [0.1, 0.15) is 0 Å². The zero-order valence-corrected chi connectivity index (χ0v) is 13.8. The van der Waals surface area contributed by atoms with Crippen LogP contribution >= 0.6 is 27.7 Å². The first kappa shape index (κ1) is 15.4. The average molecular weight is 344 g/mol. The molecule has 1 aromatic rings. The largest absolute Gasteiger partial charge is 0.381 e. The van der Waals surface area contributed by atoms with Crippen molar-refractivity contribution in [3.63, 3.8) is 0 Å². The summed E-state index contributed by atoms with van der Waals surface area (Å²) in [5.41, 5.74) is 7.33. The third kappa shape index (κ3) is 4.78. The van der Waals surface area contributed by atoms with Gasteiger partial charge in [-0.25, -0.2) is 0 Å². The molecule has 0 saturated carbocycles. The molecule has 0 spiro atoms. The molecule has 2 N–H and O–H groups in total. The summed E-state index contributed by atoms with van der Waals surface area (Å²) < 4.78 is 6.59. The van der Waals surface area contributed by atoms with Crippen LogP contribution in [0.5, 0.6) is 0 Å². The van der Waals surface area contributed by atoms with Crippen LogP contribution in [-0.2, 0) is 11.2 Å². The van der Waals surface area contributed by atoms with Gasteiger partial charge in [-0.3, -0.25) is 0 Å². The van der Waals surface area contributed by atoms with Gasteiger partial charge in [0.2, 0.25) is 0 Å². The Balaban J connectivity index is 1.97. The molecule has 0 aliphatic carbocycles. The van der Waals surface area contributed by atoms with Gasteiger partial charge in [-0.05, 0) is 43.4 Å². The number of ether oxygens (including phenoxy) is 1. The molecule has 0 aromatic heterocycles. The standard InChI is InChI=1S/C15H22BrNOS/c1-2-12(17)9-11-3-4-14(10-15(11)16)19-13-5-7-18-8-6-13/h3-4,10,12-13H,2,5-9,17H2,1H3. The Morgan fingerprint density at radius 3 is 2.79 bits per heavy atom. The van der Waals surface area contributed by atoms with E-state index in [0.29, 0.717) is 5.25 Å². The average Bonchev–Trinajstić information content (AvgIpc) is 2.43. The van der Waals surface area contributed by atoms with Crippen LogP contribution < -0.4 is 5.73 Å². The van der Waals surface area contributed by atoms with Gasteiger partial charge in [0.05, 0.1) is 0 Å². The van der Waals surface area contributed by atoms with E-state index >= 15 is 0 Å². The van der Waals surface area contributed by atoms with Gasteiger partial charge in [0, 0.05) is 33.9 Å². The minimum Gasteiger partial charge on any atom is -0.381 e. The second kappa shape index (κ2) is 7.67. The van der Waals surface area contributed by atoms with Crippen molar-refractivity contribution >= 4 is 27.7 Å². The van der Waals surface area contributed by atoms with E-state index in [1.165, 1.54) is 14.9 Å². The molecule has 1 aliphatic heterocycles. The normalized spacial score (nSPS) is 18.5. The molecule has 0 amide bonds. The lowest BCUT2D eigenvalue weighted by Gasteiger charge is -2.21. The van der Waals surface area contributed by atoms with Gasteiger partial charge < -0.3 is 10.5 Å². The van der Waals surface area contributed by atoms with Crippen molar-refractivity contribution in [2.45, 2.75) is 48.8 Å². The fourth-order valence-electron chi connectivity index (χ4n) is 2.18. The zero-order chi connectivity index (χ0) is 13.7. The van der Waals surface area contributed by atoms with Crippen LogP contribution in [0, 0.1) is 0 Å². The van der Waals surface area contributed by atoms with E-state index < -0.39 is 0 Å². The van der Waals surface area contributed by atoms with Crippen molar-refractivity contribution in [3.05, 3.63) is 28.2 Å². The van der Waals surface area contributed by atoms with E-state index in [2.05, 4.69) is 41.1 Å². The molecule has 1 saturated heterocycles. The van der Waals surface area contributed by atoms with Crippen molar-refractivity contribution in [2.75, 3.05) is 13.2 Å². The Labute approximate surface area is 128 Å². The molecule has 106 valence electrons. The third-order valence-electron chi connectivity index (χ3n) is 3.50. The van der Waals surface area contributed by atoms with E-state index in [-0.39, 0.29) is 6.04 Å². The molecular weight excluding hydrogens is 322 g/mol. The number of thioether (sulfide) groups is 1. The number of hydrogen-bond acceptors (Lipinski definition) is 3. The van der Waals surface area contributed by atoms with E-state index in [9.17, 15) is 0 Å². The van der Waals surface area contributed by atoms with Crippen LogP contribution in [0.25, 0.3) is 0 Å². The van der Waals surface area contributed by atoms with Crippen molar-refractivity contribution in [2.24, 2.45) is 5.73 Å². The van der Waals surface area contributed by atoms with Crippen LogP contribution in [0.4, 0.5) is 0 Å². The lowest BCUT2D eigenvalue weighted by atomic mass is 10.1. The van der Waals surface area contributed by atoms with Crippen LogP contribution in [0.3, 0.4) is 0 Å². The first-order chi connectivity index (χ1) is 9.19.